The molecule has 0 aromatic heterocycles. The Hall–Kier alpha value is -0.980. The molecule has 2 aliphatic rings. The van der Waals surface area contributed by atoms with E-state index in [0.717, 1.165) is 30.9 Å². The Labute approximate surface area is 86.2 Å². The fourth-order valence-electron chi connectivity index (χ4n) is 2.28. The lowest BCUT2D eigenvalue weighted by molar-refractivity contribution is 0.296. The predicted octanol–water partition coefficient (Wildman–Crippen LogP) is 3.59. The number of rotatable bonds is 1. The minimum Gasteiger partial charge on any atom is -0.497 e. The Balaban J connectivity index is 2.35. The van der Waals surface area contributed by atoms with Gasteiger partial charge in [0, 0.05) is 0 Å². The van der Waals surface area contributed by atoms with Gasteiger partial charge in [-0.2, -0.15) is 0 Å². The summed E-state index contributed by atoms with van der Waals surface area (Å²) in [7, 11) is 1.78. The zero-order chi connectivity index (χ0) is 9.97. The molecule has 0 heterocycles. The Morgan fingerprint density at radius 3 is 3.07 bits per heavy atom. The molecule has 0 fully saturated rings. The maximum Gasteiger partial charge on any atom is 0.118 e. The van der Waals surface area contributed by atoms with Gasteiger partial charge in [0.1, 0.15) is 5.76 Å². The molecule has 0 spiro atoms. The zero-order valence-electron chi connectivity index (χ0n) is 9.05. The van der Waals surface area contributed by atoms with E-state index in [1.165, 1.54) is 17.6 Å². The summed E-state index contributed by atoms with van der Waals surface area (Å²) in [6.45, 7) is 2.31. The van der Waals surface area contributed by atoms with E-state index in [9.17, 15) is 0 Å². The van der Waals surface area contributed by atoms with Gasteiger partial charge in [-0.3, -0.25) is 0 Å². The lowest BCUT2D eigenvalue weighted by Crippen LogP contribution is -2.00. The molecule has 0 saturated heterocycles. The third kappa shape index (κ3) is 1.77. The molecule has 0 amide bonds. The van der Waals surface area contributed by atoms with Gasteiger partial charge in [-0.05, 0) is 48.8 Å². The van der Waals surface area contributed by atoms with Crippen LogP contribution in [0.5, 0.6) is 0 Å². The van der Waals surface area contributed by atoms with Crippen LogP contribution in [0.4, 0.5) is 0 Å². The van der Waals surface area contributed by atoms with E-state index in [-0.39, 0.29) is 0 Å². The van der Waals surface area contributed by atoms with Crippen molar-refractivity contribution in [2.75, 3.05) is 7.11 Å². The predicted molar refractivity (Wildman–Crippen MR) is 58.9 cm³/mol. The second kappa shape index (κ2) is 4.04. The highest BCUT2D eigenvalue weighted by Crippen LogP contribution is 2.34. The van der Waals surface area contributed by atoms with Gasteiger partial charge in [0.15, 0.2) is 0 Å². The number of hydrogen-bond acceptors (Lipinski definition) is 1. The Morgan fingerprint density at radius 2 is 2.29 bits per heavy atom. The molecule has 2 rings (SSSR count). The molecule has 0 radical (unpaired) electrons. The van der Waals surface area contributed by atoms with E-state index >= 15 is 0 Å². The molecular weight excluding hydrogens is 172 g/mol. The molecule has 0 aromatic carbocycles. The van der Waals surface area contributed by atoms with Gasteiger partial charge < -0.3 is 4.74 Å². The van der Waals surface area contributed by atoms with Crippen LogP contribution in [-0.2, 0) is 4.74 Å². The second-order valence-corrected chi connectivity index (χ2v) is 4.26. The quantitative estimate of drug-likeness (QED) is 0.614. The van der Waals surface area contributed by atoms with E-state index in [4.69, 9.17) is 4.74 Å². The van der Waals surface area contributed by atoms with Crippen LogP contribution in [0, 0.1) is 5.92 Å². The highest BCUT2D eigenvalue weighted by Gasteiger charge is 2.18. The summed E-state index contributed by atoms with van der Waals surface area (Å²) in [5, 5.41) is 0. The first-order valence-electron chi connectivity index (χ1n) is 5.44. The van der Waals surface area contributed by atoms with Gasteiger partial charge in [-0.25, -0.2) is 0 Å². The molecule has 0 N–H and O–H groups in total. The monoisotopic (exact) mass is 190 g/mol. The minimum absolute atomic E-state index is 0.746. The van der Waals surface area contributed by atoms with Crippen molar-refractivity contribution in [3.8, 4) is 0 Å². The van der Waals surface area contributed by atoms with Crippen LogP contribution in [-0.4, -0.2) is 7.11 Å². The normalized spacial score (nSPS) is 26.7. The summed E-state index contributed by atoms with van der Waals surface area (Å²) < 4.78 is 5.46. The molecule has 0 saturated carbocycles. The van der Waals surface area contributed by atoms with Crippen LogP contribution in [0.3, 0.4) is 0 Å². The standard InChI is InChI=1S/C13H18O/c1-10-7-8-13(14-2)12-6-4-3-5-11(12)9-10/h3,5,8,10H,4,6-7,9H2,1-2H3. The number of allylic oxidation sites excluding steroid dienone is 5. The first-order valence-corrected chi connectivity index (χ1v) is 5.44. The van der Waals surface area contributed by atoms with E-state index in [0.29, 0.717) is 0 Å². The topological polar surface area (TPSA) is 9.23 Å². The maximum atomic E-state index is 5.46. The summed E-state index contributed by atoms with van der Waals surface area (Å²) in [5.41, 5.74) is 2.94. The third-order valence-electron chi connectivity index (χ3n) is 3.06. The van der Waals surface area contributed by atoms with Gasteiger partial charge in [0.05, 0.1) is 7.11 Å². The van der Waals surface area contributed by atoms with E-state index in [1.54, 1.807) is 7.11 Å². The van der Waals surface area contributed by atoms with Gasteiger partial charge >= 0.3 is 0 Å². The largest absolute Gasteiger partial charge is 0.497 e. The van der Waals surface area contributed by atoms with Crippen LogP contribution in [0.2, 0.25) is 0 Å². The number of methoxy groups -OCH3 is 1. The molecule has 1 atom stereocenters. The summed E-state index contributed by atoms with van der Waals surface area (Å²) in [4.78, 5) is 0. The molecular formula is C13H18O. The molecule has 1 heteroatoms. The fourth-order valence-corrected chi connectivity index (χ4v) is 2.28. The summed E-state index contributed by atoms with van der Waals surface area (Å²) in [6, 6.07) is 0. The van der Waals surface area contributed by atoms with Crippen molar-refractivity contribution in [2.24, 2.45) is 5.92 Å². The van der Waals surface area contributed by atoms with Crippen molar-refractivity contribution in [1.82, 2.24) is 0 Å². The molecule has 2 aliphatic carbocycles. The van der Waals surface area contributed by atoms with Gasteiger partial charge in [-0.15, -0.1) is 0 Å². The van der Waals surface area contributed by atoms with Gasteiger partial charge in [-0.1, -0.05) is 19.1 Å². The van der Waals surface area contributed by atoms with Gasteiger partial charge in [0.25, 0.3) is 0 Å². The van der Waals surface area contributed by atoms with Crippen LogP contribution < -0.4 is 0 Å². The van der Waals surface area contributed by atoms with E-state index in [2.05, 4.69) is 25.2 Å². The van der Waals surface area contributed by atoms with Gasteiger partial charge in [0.2, 0.25) is 0 Å². The van der Waals surface area contributed by atoms with Crippen molar-refractivity contribution in [2.45, 2.75) is 32.6 Å². The minimum atomic E-state index is 0.746. The Kier molecular flexibility index (Phi) is 2.76. The molecule has 1 nitrogen and oxygen atoms in total. The molecule has 0 bridgehead atoms. The SMILES string of the molecule is COC1=CCC(C)CC2=C1CCC=C2. The van der Waals surface area contributed by atoms with Crippen LogP contribution >= 0.6 is 0 Å². The van der Waals surface area contributed by atoms with Crippen molar-refractivity contribution in [1.29, 1.82) is 0 Å². The molecule has 14 heavy (non-hydrogen) atoms. The maximum absolute atomic E-state index is 5.46. The lowest BCUT2D eigenvalue weighted by Gasteiger charge is -2.16. The average molecular weight is 190 g/mol. The fraction of sp³-hybridized carbons (Fsp3) is 0.538. The van der Waals surface area contributed by atoms with Crippen LogP contribution in [0.1, 0.15) is 32.6 Å². The number of ether oxygens (including phenoxy) is 1. The van der Waals surface area contributed by atoms with Crippen LogP contribution in [0.15, 0.2) is 35.1 Å². The third-order valence-corrected chi connectivity index (χ3v) is 3.06. The average Bonchev–Trinajstić information content (AvgIpc) is 2.36. The smallest absolute Gasteiger partial charge is 0.118 e. The highest BCUT2D eigenvalue weighted by molar-refractivity contribution is 5.41. The zero-order valence-corrected chi connectivity index (χ0v) is 9.05. The van der Waals surface area contributed by atoms with Crippen molar-refractivity contribution in [3.63, 3.8) is 0 Å². The van der Waals surface area contributed by atoms with Crippen molar-refractivity contribution >= 4 is 0 Å². The Morgan fingerprint density at radius 1 is 1.43 bits per heavy atom. The Bertz CT molecular complexity index is 307. The summed E-state index contributed by atoms with van der Waals surface area (Å²) in [6.07, 6.45) is 11.5. The first-order chi connectivity index (χ1) is 6.81. The summed E-state index contributed by atoms with van der Waals surface area (Å²) >= 11 is 0. The van der Waals surface area contributed by atoms with Crippen molar-refractivity contribution < 1.29 is 4.74 Å². The summed E-state index contributed by atoms with van der Waals surface area (Å²) in [5.74, 6) is 1.86. The molecule has 0 aliphatic heterocycles. The lowest BCUT2D eigenvalue weighted by atomic mass is 9.92. The van der Waals surface area contributed by atoms with Crippen molar-refractivity contribution in [3.05, 3.63) is 35.1 Å². The molecule has 76 valence electrons. The number of hydrogen-bond donors (Lipinski definition) is 0. The first kappa shape index (κ1) is 9.57. The van der Waals surface area contributed by atoms with E-state index in [1.807, 2.05) is 0 Å². The van der Waals surface area contributed by atoms with Crippen LogP contribution in [0.25, 0.3) is 0 Å². The molecule has 0 aromatic rings. The highest BCUT2D eigenvalue weighted by atomic mass is 16.5. The van der Waals surface area contributed by atoms with E-state index < -0.39 is 0 Å². The molecule has 1 unspecified atom stereocenters. The second-order valence-electron chi connectivity index (χ2n) is 4.26.